The van der Waals surface area contributed by atoms with Crippen molar-refractivity contribution in [3.63, 3.8) is 0 Å². The standard InChI is InChI=1S/C27H23N5O2/c33-23-8-4-7-22-24(23)25(32-27(29-22)30-26(31-32)20-13-15-28-16-14-20)19-9-11-21(12-10-19)34-17-18-5-2-1-3-6-18/h1-3,5-6,9-16,25H,4,7-8,17H2,(H,29,30,31). The Bertz CT molecular complexity index is 1360. The third-order valence-electron chi connectivity index (χ3n) is 6.25. The highest BCUT2D eigenvalue weighted by Gasteiger charge is 2.36. The largest absolute Gasteiger partial charge is 0.489 e. The number of benzene rings is 2. The molecule has 2 aromatic heterocycles. The lowest BCUT2D eigenvalue weighted by Gasteiger charge is -2.32. The number of carbonyl (C=O) groups is 1. The Hall–Kier alpha value is -4.26. The summed E-state index contributed by atoms with van der Waals surface area (Å²) < 4.78 is 7.79. The Morgan fingerprint density at radius 1 is 0.971 bits per heavy atom. The van der Waals surface area contributed by atoms with Crippen molar-refractivity contribution >= 4 is 11.7 Å². The zero-order chi connectivity index (χ0) is 22.9. The second kappa shape index (κ2) is 8.59. The van der Waals surface area contributed by atoms with Crippen LogP contribution in [0.25, 0.3) is 11.4 Å². The minimum absolute atomic E-state index is 0.162. The Labute approximate surface area is 197 Å². The molecule has 168 valence electrons. The maximum atomic E-state index is 13.0. The van der Waals surface area contributed by atoms with Crippen LogP contribution in [0.4, 0.5) is 5.95 Å². The van der Waals surface area contributed by atoms with Crippen LogP contribution in [0.3, 0.4) is 0 Å². The number of aromatic nitrogens is 4. The van der Waals surface area contributed by atoms with Gasteiger partial charge in [0, 0.05) is 35.6 Å². The van der Waals surface area contributed by atoms with Crippen molar-refractivity contribution in [2.24, 2.45) is 0 Å². The molecule has 0 saturated heterocycles. The molecule has 1 aliphatic carbocycles. The minimum Gasteiger partial charge on any atom is -0.489 e. The van der Waals surface area contributed by atoms with Gasteiger partial charge < -0.3 is 10.1 Å². The lowest BCUT2D eigenvalue weighted by atomic mass is 9.85. The van der Waals surface area contributed by atoms with E-state index in [9.17, 15) is 4.79 Å². The highest BCUT2D eigenvalue weighted by molar-refractivity contribution is 5.99. The van der Waals surface area contributed by atoms with Gasteiger partial charge in [0.05, 0.1) is 0 Å². The number of anilines is 1. The van der Waals surface area contributed by atoms with Gasteiger partial charge in [0.25, 0.3) is 0 Å². The van der Waals surface area contributed by atoms with Crippen LogP contribution in [0.2, 0.25) is 0 Å². The van der Waals surface area contributed by atoms with E-state index in [0.717, 1.165) is 46.6 Å². The lowest BCUT2D eigenvalue weighted by molar-refractivity contribution is -0.116. The van der Waals surface area contributed by atoms with E-state index in [1.165, 1.54) is 0 Å². The van der Waals surface area contributed by atoms with E-state index in [0.29, 0.717) is 24.8 Å². The molecule has 0 amide bonds. The number of ether oxygens (including phenoxy) is 1. The molecule has 1 N–H and O–H groups in total. The third kappa shape index (κ3) is 3.75. The predicted molar refractivity (Wildman–Crippen MR) is 128 cm³/mol. The zero-order valence-corrected chi connectivity index (χ0v) is 18.5. The number of carbonyl (C=O) groups excluding carboxylic acids is 1. The van der Waals surface area contributed by atoms with E-state index >= 15 is 0 Å². The van der Waals surface area contributed by atoms with Crippen molar-refractivity contribution in [1.29, 1.82) is 0 Å². The molecule has 2 aromatic carbocycles. The Morgan fingerprint density at radius 2 is 1.76 bits per heavy atom. The molecule has 0 saturated carbocycles. The molecule has 7 nitrogen and oxygen atoms in total. The van der Waals surface area contributed by atoms with Crippen LogP contribution in [0, 0.1) is 0 Å². The third-order valence-corrected chi connectivity index (χ3v) is 6.25. The summed E-state index contributed by atoms with van der Waals surface area (Å²) in [5, 5.41) is 8.18. The summed E-state index contributed by atoms with van der Waals surface area (Å²) in [4.78, 5) is 21.9. The van der Waals surface area contributed by atoms with E-state index < -0.39 is 0 Å². The Kier molecular flexibility index (Phi) is 5.14. The van der Waals surface area contributed by atoms with Gasteiger partial charge in [-0.3, -0.25) is 9.78 Å². The van der Waals surface area contributed by atoms with Crippen molar-refractivity contribution in [3.8, 4) is 17.1 Å². The molecule has 1 unspecified atom stereocenters. The van der Waals surface area contributed by atoms with Gasteiger partial charge in [0.1, 0.15) is 18.4 Å². The molecule has 7 heteroatoms. The predicted octanol–water partition coefficient (Wildman–Crippen LogP) is 4.94. The van der Waals surface area contributed by atoms with Gasteiger partial charge in [0.15, 0.2) is 11.6 Å². The first-order valence-corrected chi connectivity index (χ1v) is 11.4. The number of pyridine rings is 1. The van der Waals surface area contributed by atoms with Gasteiger partial charge >= 0.3 is 0 Å². The van der Waals surface area contributed by atoms with Crippen LogP contribution in [0.5, 0.6) is 5.75 Å². The van der Waals surface area contributed by atoms with Gasteiger partial charge in [-0.1, -0.05) is 42.5 Å². The summed E-state index contributed by atoms with van der Waals surface area (Å²) in [5.74, 6) is 2.19. The van der Waals surface area contributed by atoms with Crippen LogP contribution in [-0.2, 0) is 11.4 Å². The van der Waals surface area contributed by atoms with Crippen molar-refractivity contribution in [2.45, 2.75) is 31.9 Å². The molecule has 0 bridgehead atoms. The number of hydrogen-bond acceptors (Lipinski definition) is 6. The topological polar surface area (TPSA) is 81.9 Å². The molecule has 4 aromatic rings. The molecular formula is C27H23N5O2. The minimum atomic E-state index is -0.328. The summed E-state index contributed by atoms with van der Waals surface area (Å²) in [6, 6.07) is 21.4. The normalized spacial score (nSPS) is 17.1. The second-order valence-electron chi connectivity index (χ2n) is 8.48. The Balaban J connectivity index is 1.35. The van der Waals surface area contributed by atoms with E-state index in [1.54, 1.807) is 12.4 Å². The molecule has 0 fully saturated rings. The number of hydrogen-bond donors (Lipinski definition) is 1. The fourth-order valence-electron chi connectivity index (χ4n) is 4.57. The highest BCUT2D eigenvalue weighted by atomic mass is 16.5. The quantitative estimate of drug-likeness (QED) is 0.465. The number of fused-ring (bicyclic) bond motifs is 1. The first-order valence-electron chi connectivity index (χ1n) is 11.4. The molecular weight excluding hydrogens is 426 g/mol. The first kappa shape index (κ1) is 20.4. The van der Waals surface area contributed by atoms with Crippen LogP contribution in [0.15, 0.2) is 90.4 Å². The maximum absolute atomic E-state index is 13.0. The van der Waals surface area contributed by atoms with Crippen molar-refractivity contribution < 1.29 is 9.53 Å². The average Bonchev–Trinajstić information content (AvgIpc) is 3.32. The van der Waals surface area contributed by atoms with E-state index in [1.807, 2.05) is 71.4 Å². The molecule has 34 heavy (non-hydrogen) atoms. The summed E-state index contributed by atoms with van der Waals surface area (Å²) in [6.07, 6.45) is 5.67. The van der Waals surface area contributed by atoms with Gasteiger partial charge in [0.2, 0.25) is 5.95 Å². The molecule has 2 aliphatic rings. The molecule has 1 aliphatic heterocycles. The number of nitrogens with zero attached hydrogens (tertiary/aromatic N) is 4. The molecule has 0 spiro atoms. The van der Waals surface area contributed by atoms with E-state index in [2.05, 4.69) is 10.3 Å². The molecule has 3 heterocycles. The zero-order valence-electron chi connectivity index (χ0n) is 18.5. The van der Waals surface area contributed by atoms with Gasteiger partial charge in [-0.15, -0.1) is 5.10 Å². The van der Waals surface area contributed by atoms with Crippen LogP contribution in [0.1, 0.15) is 36.4 Å². The van der Waals surface area contributed by atoms with Gasteiger partial charge in [-0.2, -0.15) is 4.98 Å². The van der Waals surface area contributed by atoms with E-state index in [4.69, 9.17) is 14.8 Å². The van der Waals surface area contributed by atoms with Crippen LogP contribution < -0.4 is 10.1 Å². The fourth-order valence-corrected chi connectivity index (χ4v) is 4.57. The number of Topliss-reactive ketones (excluding diaryl/α,β-unsaturated/α-hetero) is 1. The maximum Gasteiger partial charge on any atom is 0.226 e. The van der Waals surface area contributed by atoms with Crippen molar-refractivity contribution in [3.05, 3.63) is 102 Å². The van der Waals surface area contributed by atoms with E-state index in [-0.39, 0.29) is 11.8 Å². The molecule has 1 atom stereocenters. The number of ketones is 1. The number of allylic oxidation sites excluding steroid dienone is 2. The van der Waals surface area contributed by atoms with Crippen LogP contribution >= 0.6 is 0 Å². The smallest absolute Gasteiger partial charge is 0.226 e. The lowest BCUT2D eigenvalue weighted by Crippen LogP contribution is -2.31. The molecule has 6 rings (SSSR count). The summed E-state index contributed by atoms with van der Waals surface area (Å²) in [6.45, 7) is 0.504. The van der Waals surface area contributed by atoms with Crippen molar-refractivity contribution in [1.82, 2.24) is 19.7 Å². The highest BCUT2D eigenvalue weighted by Crippen LogP contribution is 2.40. The summed E-state index contributed by atoms with van der Waals surface area (Å²) in [5.41, 5.74) is 4.70. The summed E-state index contributed by atoms with van der Waals surface area (Å²) in [7, 11) is 0. The Morgan fingerprint density at radius 3 is 2.56 bits per heavy atom. The second-order valence-corrected chi connectivity index (χ2v) is 8.48. The number of rotatable bonds is 5. The molecule has 0 radical (unpaired) electrons. The van der Waals surface area contributed by atoms with Crippen molar-refractivity contribution in [2.75, 3.05) is 5.32 Å². The monoisotopic (exact) mass is 449 g/mol. The number of nitrogens with one attached hydrogen (secondary N) is 1. The van der Waals surface area contributed by atoms with Crippen LogP contribution in [-0.4, -0.2) is 25.5 Å². The fraction of sp³-hybridized carbons (Fsp3) is 0.185. The first-order chi connectivity index (χ1) is 16.8. The summed E-state index contributed by atoms with van der Waals surface area (Å²) >= 11 is 0. The van der Waals surface area contributed by atoms with Gasteiger partial charge in [-0.05, 0) is 48.2 Å². The SMILES string of the molecule is O=C1CCCC2=C1C(c1ccc(OCc3ccccc3)cc1)n1nc(-c3ccncc3)nc1N2. The van der Waals surface area contributed by atoms with Gasteiger partial charge in [-0.25, -0.2) is 4.68 Å². The average molecular weight is 450 g/mol.